The predicted molar refractivity (Wildman–Crippen MR) is 158 cm³/mol. The van der Waals surface area contributed by atoms with Gasteiger partial charge in [0.1, 0.15) is 0 Å². The average Bonchev–Trinajstić information content (AvgIpc) is 2.78. The fourth-order valence-corrected chi connectivity index (χ4v) is 6.39. The van der Waals surface area contributed by atoms with Crippen LogP contribution in [0.2, 0.25) is 25.7 Å². The summed E-state index contributed by atoms with van der Waals surface area (Å²) in [6.07, 6.45) is 39.5. The van der Waals surface area contributed by atoms with Gasteiger partial charge in [-0.2, -0.15) is 0 Å². The van der Waals surface area contributed by atoms with Gasteiger partial charge in [0.2, 0.25) is 0 Å². The molecule has 33 heavy (non-hydrogen) atoms. The Bertz CT molecular complexity index is 343. The van der Waals surface area contributed by atoms with E-state index in [-0.39, 0.29) is 0 Å². The van der Waals surface area contributed by atoms with Crippen LogP contribution < -0.4 is 0 Å². The molecule has 0 atom stereocenters. The molecule has 0 bridgehead atoms. The van der Waals surface area contributed by atoms with Crippen molar-refractivity contribution in [2.24, 2.45) is 0 Å². The third kappa shape index (κ3) is 32.2. The number of hydrogen-bond acceptors (Lipinski definition) is 0. The second-order valence-corrected chi connectivity index (χ2v) is 18.0. The molecule has 0 spiro atoms. The van der Waals surface area contributed by atoms with E-state index in [4.69, 9.17) is 0 Å². The minimum Gasteiger partial charge on any atom is -0.0695 e. The summed E-state index contributed by atoms with van der Waals surface area (Å²) in [7, 11) is -0.780. The maximum Gasteiger partial charge on any atom is 0.0442 e. The molecule has 0 saturated carbocycles. The van der Waals surface area contributed by atoms with Crippen molar-refractivity contribution in [3.05, 3.63) is 6.92 Å². The lowest BCUT2D eigenvalue weighted by atomic mass is 10.0. The lowest BCUT2D eigenvalue weighted by Crippen LogP contribution is -2.18. The van der Waals surface area contributed by atoms with Crippen LogP contribution in [0.4, 0.5) is 0 Å². The van der Waals surface area contributed by atoms with Crippen LogP contribution in [0.25, 0.3) is 0 Å². The van der Waals surface area contributed by atoms with E-state index < -0.39 is 8.07 Å². The van der Waals surface area contributed by atoms with Gasteiger partial charge in [0, 0.05) is 8.07 Å². The molecule has 0 aliphatic heterocycles. The highest BCUT2D eigenvalue weighted by atomic mass is 28.3. The predicted octanol–water partition coefficient (Wildman–Crippen LogP) is 12.7. The summed E-state index contributed by atoms with van der Waals surface area (Å²) in [5.41, 5.74) is 0. The summed E-state index contributed by atoms with van der Waals surface area (Å²) >= 11 is 0. The molecule has 0 aliphatic rings. The minimum absolute atomic E-state index is 0.780. The van der Waals surface area contributed by atoms with Crippen molar-refractivity contribution in [1.82, 2.24) is 0 Å². The van der Waals surface area contributed by atoms with E-state index in [1.165, 1.54) is 173 Å². The van der Waals surface area contributed by atoms with Crippen LogP contribution in [-0.4, -0.2) is 8.07 Å². The van der Waals surface area contributed by atoms with Gasteiger partial charge in [0.05, 0.1) is 0 Å². The number of hydrogen-bond donors (Lipinski definition) is 0. The van der Waals surface area contributed by atoms with Gasteiger partial charge in [0.15, 0.2) is 0 Å². The van der Waals surface area contributed by atoms with Gasteiger partial charge in [-0.3, -0.25) is 0 Å². The van der Waals surface area contributed by atoms with Crippen LogP contribution in [0.5, 0.6) is 0 Å². The summed E-state index contributed by atoms with van der Waals surface area (Å²) in [5, 5.41) is 0. The molecular weight excluding hydrogens is 412 g/mol. The molecule has 0 heterocycles. The van der Waals surface area contributed by atoms with Gasteiger partial charge in [-0.15, -0.1) is 0 Å². The third-order valence-electron chi connectivity index (χ3n) is 7.43. The zero-order valence-corrected chi connectivity index (χ0v) is 25.0. The minimum atomic E-state index is -0.780. The van der Waals surface area contributed by atoms with Crippen LogP contribution in [-0.2, 0) is 0 Å². The molecule has 0 N–H and O–H groups in total. The molecule has 0 saturated heterocycles. The molecule has 0 nitrogen and oxygen atoms in total. The molecule has 0 aromatic heterocycles. The van der Waals surface area contributed by atoms with Crippen molar-refractivity contribution in [3.63, 3.8) is 0 Å². The largest absolute Gasteiger partial charge is 0.0695 e. The lowest BCUT2D eigenvalue weighted by Gasteiger charge is -2.14. The Morgan fingerprint density at radius 3 is 0.667 bits per heavy atom. The summed E-state index contributed by atoms with van der Waals surface area (Å²) in [5.74, 6) is 0. The maximum absolute atomic E-state index is 3.92. The first-order valence-corrected chi connectivity index (χ1v) is 19.6. The first kappa shape index (κ1) is 33.2. The van der Waals surface area contributed by atoms with Gasteiger partial charge in [-0.05, 0) is 0 Å². The van der Waals surface area contributed by atoms with Crippen LogP contribution in [0, 0.1) is 6.92 Å². The van der Waals surface area contributed by atoms with Crippen LogP contribution in [0.3, 0.4) is 0 Å². The third-order valence-corrected chi connectivity index (χ3v) is 9.28. The van der Waals surface area contributed by atoms with E-state index in [0.29, 0.717) is 0 Å². The lowest BCUT2D eigenvalue weighted by molar-refractivity contribution is 0.515. The Balaban J connectivity index is 3.03. The van der Waals surface area contributed by atoms with Crippen LogP contribution >= 0.6 is 0 Å². The Kier molecular flexibility index (Phi) is 27.0. The first-order chi connectivity index (χ1) is 16.1. The van der Waals surface area contributed by atoms with E-state index in [2.05, 4.69) is 26.6 Å². The molecule has 0 amide bonds. The average molecular weight is 480 g/mol. The van der Waals surface area contributed by atoms with Crippen LogP contribution in [0.15, 0.2) is 0 Å². The highest BCUT2D eigenvalue weighted by Crippen LogP contribution is 2.17. The molecular formula is C32H67Si. The monoisotopic (exact) mass is 480 g/mol. The highest BCUT2D eigenvalue weighted by Gasteiger charge is 2.11. The van der Waals surface area contributed by atoms with Gasteiger partial charge in [-0.1, -0.05) is 206 Å². The normalized spacial score (nSPS) is 12.0. The van der Waals surface area contributed by atoms with Crippen molar-refractivity contribution >= 4 is 8.07 Å². The van der Waals surface area contributed by atoms with Gasteiger partial charge in [0.25, 0.3) is 0 Å². The van der Waals surface area contributed by atoms with Crippen molar-refractivity contribution < 1.29 is 0 Å². The first-order valence-electron chi connectivity index (χ1n) is 15.9. The summed E-state index contributed by atoms with van der Waals surface area (Å²) in [4.78, 5) is 0. The molecule has 1 radical (unpaired) electrons. The quantitative estimate of drug-likeness (QED) is 0.0772. The van der Waals surface area contributed by atoms with E-state index in [9.17, 15) is 0 Å². The summed E-state index contributed by atoms with van der Waals surface area (Å²) < 4.78 is 0. The Labute approximate surface area is 213 Å². The number of rotatable bonds is 28. The van der Waals surface area contributed by atoms with Crippen molar-refractivity contribution in [2.45, 2.75) is 199 Å². The zero-order valence-electron chi connectivity index (χ0n) is 24.0. The molecule has 0 rings (SSSR count). The Morgan fingerprint density at radius 1 is 0.303 bits per heavy atom. The van der Waals surface area contributed by atoms with Crippen molar-refractivity contribution in [3.8, 4) is 0 Å². The molecule has 0 aliphatic carbocycles. The van der Waals surface area contributed by atoms with Gasteiger partial charge >= 0.3 is 0 Å². The summed E-state index contributed by atoms with van der Waals surface area (Å²) in [6, 6.07) is 1.53. The molecule has 0 unspecified atom stereocenters. The van der Waals surface area contributed by atoms with Crippen molar-refractivity contribution in [2.75, 3.05) is 0 Å². The second kappa shape index (κ2) is 26.8. The zero-order chi connectivity index (χ0) is 24.3. The number of unbranched alkanes of at least 4 members (excludes halogenated alkanes) is 26. The molecule has 0 fully saturated rings. The Hall–Kier alpha value is 0.217. The fourth-order valence-electron chi connectivity index (χ4n) is 5.07. The highest BCUT2D eigenvalue weighted by molar-refractivity contribution is 6.76. The van der Waals surface area contributed by atoms with Crippen LogP contribution in [0.1, 0.15) is 173 Å². The van der Waals surface area contributed by atoms with E-state index in [0.717, 1.165) is 6.42 Å². The molecule has 0 aromatic carbocycles. The molecule has 1 heteroatoms. The Morgan fingerprint density at radius 2 is 0.485 bits per heavy atom. The maximum atomic E-state index is 3.92. The van der Waals surface area contributed by atoms with E-state index >= 15 is 0 Å². The molecule has 0 aromatic rings. The van der Waals surface area contributed by atoms with Gasteiger partial charge < -0.3 is 0 Å². The standard InChI is InChI=1S/C32H67Si/c1-5-6-7-8-9-10-11-12-13-14-15-16-17-18-19-20-21-22-23-24-25-26-27-28-29-30-31-32-33(2,3)4/h1,5-32H2,2-4H3. The SMILES string of the molecule is [CH2]CCCCCCCCCCCCCCCCCCCCCCCCCCCC[Si](C)(C)C. The second-order valence-electron chi connectivity index (χ2n) is 12.4. The topological polar surface area (TPSA) is 0 Å². The smallest absolute Gasteiger partial charge is 0.0442 e. The summed E-state index contributed by atoms with van der Waals surface area (Å²) in [6.45, 7) is 11.4. The van der Waals surface area contributed by atoms with Crippen molar-refractivity contribution in [1.29, 1.82) is 0 Å². The van der Waals surface area contributed by atoms with E-state index in [1.807, 2.05) is 0 Å². The fraction of sp³-hybridized carbons (Fsp3) is 0.969. The molecule has 199 valence electrons. The van der Waals surface area contributed by atoms with E-state index in [1.54, 1.807) is 0 Å². The van der Waals surface area contributed by atoms with Gasteiger partial charge in [-0.25, -0.2) is 0 Å².